The number of rotatable bonds is 4. The van der Waals surface area contributed by atoms with E-state index < -0.39 is 0 Å². The number of hydrogen-bond donors (Lipinski definition) is 1. The Labute approximate surface area is 127 Å². The van der Waals surface area contributed by atoms with Gasteiger partial charge in [0.2, 0.25) is 0 Å². The van der Waals surface area contributed by atoms with Crippen LogP contribution in [0.1, 0.15) is 16.1 Å². The fraction of sp³-hybridized carbons (Fsp3) is 0.118. The molecule has 0 amide bonds. The number of nitrogens with zero attached hydrogens (tertiary/aromatic N) is 1. The summed E-state index contributed by atoms with van der Waals surface area (Å²) in [5.41, 5.74) is 9.22. The van der Waals surface area contributed by atoms with Gasteiger partial charge < -0.3 is 5.73 Å². The summed E-state index contributed by atoms with van der Waals surface area (Å²) in [6.45, 7) is 0.215. The summed E-state index contributed by atoms with van der Waals surface area (Å²) < 4.78 is 13.4. The molecular formula is C17H15FN2S. The first kappa shape index (κ1) is 13.9. The van der Waals surface area contributed by atoms with Crippen molar-refractivity contribution in [2.24, 2.45) is 5.73 Å². The average molecular weight is 298 g/mol. The van der Waals surface area contributed by atoms with E-state index in [1.165, 1.54) is 6.07 Å². The fourth-order valence-electron chi connectivity index (χ4n) is 2.20. The third-order valence-corrected chi connectivity index (χ3v) is 4.16. The molecule has 3 aromatic rings. The lowest BCUT2D eigenvalue weighted by molar-refractivity contribution is 0.610. The zero-order valence-electron chi connectivity index (χ0n) is 11.4. The second-order valence-electron chi connectivity index (χ2n) is 4.80. The normalized spacial score (nSPS) is 10.8. The SMILES string of the molecule is NCc1cc(Cc2nc(-c3ccccc3)cs2)ccc1F. The van der Waals surface area contributed by atoms with Gasteiger partial charge in [-0.15, -0.1) is 11.3 Å². The quantitative estimate of drug-likeness (QED) is 0.790. The lowest BCUT2D eigenvalue weighted by Crippen LogP contribution is -2.01. The molecule has 2 nitrogen and oxygen atoms in total. The molecule has 0 aliphatic carbocycles. The molecule has 0 spiro atoms. The van der Waals surface area contributed by atoms with Gasteiger partial charge in [0.05, 0.1) is 10.7 Å². The van der Waals surface area contributed by atoms with Crippen molar-refractivity contribution in [3.63, 3.8) is 0 Å². The minimum absolute atomic E-state index is 0.215. The molecule has 0 atom stereocenters. The highest BCUT2D eigenvalue weighted by Gasteiger charge is 2.07. The van der Waals surface area contributed by atoms with Crippen molar-refractivity contribution in [3.8, 4) is 11.3 Å². The van der Waals surface area contributed by atoms with Crippen LogP contribution in [0.4, 0.5) is 4.39 Å². The second-order valence-corrected chi connectivity index (χ2v) is 5.74. The summed E-state index contributed by atoms with van der Waals surface area (Å²) in [6.07, 6.45) is 0.699. The van der Waals surface area contributed by atoms with Crippen molar-refractivity contribution in [1.82, 2.24) is 4.98 Å². The lowest BCUT2D eigenvalue weighted by atomic mass is 10.1. The van der Waals surface area contributed by atoms with E-state index in [4.69, 9.17) is 5.73 Å². The van der Waals surface area contributed by atoms with Gasteiger partial charge in [0, 0.05) is 29.5 Å². The number of halogens is 1. The fourth-order valence-corrected chi connectivity index (χ4v) is 3.04. The van der Waals surface area contributed by atoms with Gasteiger partial charge in [-0.05, 0) is 11.6 Å². The number of thiazole rings is 1. The zero-order chi connectivity index (χ0) is 14.7. The molecule has 0 unspecified atom stereocenters. The van der Waals surface area contributed by atoms with Crippen LogP contribution >= 0.6 is 11.3 Å². The second kappa shape index (κ2) is 6.16. The summed E-state index contributed by atoms with van der Waals surface area (Å²) in [6, 6.07) is 15.2. The zero-order valence-corrected chi connectivity index (χ0v) is 12.2. The molecule has 21 heavy (non-hydrogen) atoms. The van der Waals surface area contributed by atoms with Crippen LogP contribution in [-0.2, 0) is 13.0 Å². The van der Waals surface area contributed by atoms with Gasteiger partial charge >= 0.3 is 0 Å². The standard InChI is InChI=1S/C17H15FN2S/c18-15-7-6-12(8-14(15)10-19)9-17-20-16(11-21-17)13-4-2-1-3-5-13/h1-8,11H,9-10,19H2. The number of benzene rings is 2. The van der Waals surface area contributed by atoms with Gasteiger partial charge in [-0.25, -0.2) is 9.37 Å². The highest BCUT2D eigenvalue weighted by atomic mass is 32.1. The molecule has 0 saturated carbocycles. The highest BCUT2D eigenvalue weighted by Crippen LogP contribution is 2.23. The lowest BCUT2D eigenvalue weighted by Gasteiger charge is -2.03. The summed E-state index contributed by atoms with van der Waals surface area (Å²) in [5, 5.41) is 3.07. The Morgan fingerprint density at radius 1 is 1.10 bits per heavy atom. The molecule has 3 rings (SSSR count). The van der Waals surface area contributed by atoms with Crippen LogP contribution in [0.25, 0.3) is 11.3 Å². The van der Waals surface area contributed by atoms with Crippen molar-refractivity contribution >= 4 is 11.3 Å². The Hall–Kier alpha value is -2.04. The van der Waals surface area contributed by atoms with Gasteiger partial charge in [0.15, 0.2) is 0 Å². The molecule has 106 valence electrons. The molecular weight excluding hydrogens is 283 g/mol. The van der Waals surface area contributed by atoms with Gasteiger partial charge in [-0.2, -0.15) is 0 Å². The van der Waals surface area contributed by atoms with Crippen LogP contribution in [0.15, 0.2) is 53.9 Å². The third kappa shape index (κ3) is 3.17. The number of aromatic nitrogens is 1. The van der Waals surface area contributed by atoms with E-state index in [2.05, 4.69) is 10.4 Å². The molecule has 2 aromatic carbocycles. The molecule has 2 N–H and O–H groups in total. The summed E-state index contributed by atoms with van der Waals surface area (Å²) >= 11 is 1.62. The first-order valence-corrected chi connectivity index (χ1v) is 7.61. The Kier molecular flexibility index (Phi) is 4.08. The number of nitrogens with two attached hydrogens (primary N) is 1. The minimum atomic E-state index is -0.245. The van der Waals surface area contributed by atoms with Crippen molar-refractivity contribution < 1.29 is 4.39 Å². The molecule has 4 heteroatoms. The van der Waals surface area contributed by atoms with Crippen LogP contribution in [-0.4, -0.2) is 4.98 Å². The van der Waals surface area contributed by atoms with Crippen LogP contribution in [0.2, 0.25) is 0 Å². The van der Waals surface area contributed by atoms with Crippen molar-refractivity contribution in [2.45, 2.75) is 13.0 Å². The van der Waals surface area contributed by atoms with E-state index in [-0.39, 0.29) is 12.4 Å². The largest absolute Gasteiger partial charge is 0.326 e. The van der Waals surface area contributed by atoms with Crippen LogP contribution in [0.5, 0.6) is 0 Å². The molecule has 1 aromatic heterocycles. The van der Waals surface area contributed by atoms with E-state index in [1.807, 2.05) is 36.4 Å². The Morgan fingerprint density at radius 2 is 1.90 bits per heavy atom. The van der Waals surface area contributed by atoms with Gasteiger partial charge in [0.1, 0.15) is 5.82 Å². The molecule has 0 aliphatic heterocycles. The first-order valence-electron chi connectivity index (χ1n) is 6.73. The molecule has 0 aliphatic rings. The minimum Gasteiger partial charge on any atom is -0.326 e. The molecule has 1 heterocycles. The monoisotopic (exact) mass is 298 g/mol. The van der Waals surface area contributed by atoms with Crippen LogP contribution < -0.4 is 5.73 Å². The molecule has 0 fully saturated rings. The Morgan fingerprint density at radius 3 is 2.67 bits per heavy atom. The van der Waals surface area contributed by atoms with Crippen molar-refractivity contribution in [1.29, 1.82) is 0 Å². The molecule has 0 saturated heterocycles. The average Bonchev–Trinajstić information content (AvgIpc) is 2.98. The Bertz CT molecular complexity index is 738. The van der Waals surface area contributed by atoms with E-state index >= 15 is 0 Å². The van der Waals surface area contributed by atoms with E-state index in [0.29, 0.717) is 12.0 Å². The molecule has 0 bridgehead atoms. The smallest absolute Gasteiger partial charge is 0.127 e. The maximum atomic E-state index is 13.4. The van der Waals surface area contributed by atoms with E-state index in [1.54, 1.807) is 17.4 Å². The van der Waals surface area contributed by atoms with Gasteiger partial charge in [-0.1, -0.05) is 42.5 Å². The van der Waals surface area contributed by atoms with Crippen LogP contribution in [0, 0.1) is 5.82 Å². The predicted molar refractivity (Wildman–Crippen MR) is 84.6 cm³/mol. The molecule has 0 radical (unpaired) electrons. The van der Waals surface area contributed by atoms with Crippen molar-refractivity contribution in [2.75, 3.05) is 0 Å². The highest BCUT2D eigenvalue weighted by molar-refractivity contribution is 7.10. The maximum absolute atomic E-state index is 13.4. The van der Waals surface area contributed by atoms with Gasteiger partial charge in [-0.3, -0.25) is 0 Å². The third-order valence-electron chi connectivity index (χ3n) is 3.31. The Balaban J connectivity index is 1.82. The van der Waals surface area contributed by atoms with E-state index in [0.717, 1.165) is 21.8 Å². The van der Waals surface area contributed by atoms with Crippen molar-refractivity contribution in [3.05, 3.63) is 75.9 Å². The van der Waals surface area contributed by atoms with Crippen LogP contribution in [0.3, 0.4) is 0 Å². The summed E-state index contributed by atoms with van der Waals surface area (Å²) in [7, 11) is 0. The van der Waals surface area contributed by atoms with E-state index in [9.17, 15) is 4.39 Å². The topological polar surface area (TPSA) is 38.9 Å². The van der Waals surface area contributed by atoms with Gasteiger partial charge in [0.25, 0.3) is 0 Å². The predicted octanol–water partition coefficient (Wildman–Crippen LogP) is 4.00. The first-order chi connectivity index (χ1) is 10.3. The maximum Gasteiger partial charge on any atom is 0.127 e. The summed E-state index contributed by atoms with van der Waals surface area (Å²) in [5.74, 6) is -0.245. The number of hydrogen-bond acceptors (Lipinski definition) is 3. The summed E-state index contributed by atoms with van der Waals surface area (Å²) in [4.78, 5) is 4.65.